The molecular weight excluding hydrogens is 284 g/mol. The number of nitrogens with one attached hydrogen (secondary N) is 1. The van der Waals surface area contributed by atoms with E-state index in [0.717, 1.165) is 0 Å². The molecule has 0 radical (unpaired) electrons. The predicted molar refractivity (Wildman–Crippen MR) is 80.2 cm³/mol. The van der Waals surface area contributed by atoms with E-state index < -0.39 is 12.0 Å². The Bertz CT molecular complexity index is 715. The lowest BCUT2D eigenvalue weighted by Crippen LogP contribution is -2.42. The highest BCUT2D eigenvalue weighted by molar-refractivity contribution is 5.85. The smallest absolute Gasteiger partial charge is 0.284 e. The maximum absolute atomic E-state index is 12.0. The Morgan fingerprint density at radius 1 is 1.23 bits per heavy atom. The summed E-state index contributed by atoms with van der Waals surface area (Å²) in [5, 5.41) is 13.2. The van der Waals surface area contributed by atoms with Gasteiger partial charge in [0.05, 0.1) is 6.21 Å². The summed E-state index contributed by atoms with van der Waals surface area (Å²) in [4.78, 5) is 12.0. The van der Waals surface area contributed by atoms with E-state index in [1.54, 1.807) is 30.3 Å². The molecule has 0 aliphatic carbocycles. The molecule has 0 bridgehead atoms. The average Bonchev–Trinajstić information content (AvgIpc) is 2.54. The fourth-order valence-corrected chi connectivity index (χ4v) is 2.00. The van der Waals surface area contributed by atoms with E-state index in [9.17, 15) is 9.90 Å². The van der Waals surface area contributed by atoms with Crippen molar-refractivity contribution in [2.24, 2.45) is 5.10 Å². The second kappa shape index (κ2) is 6.17. The van der Waals surface area contributed by atoms with E-state index in [1.165, 1.54) is 12.3 Å². The van der Waals surface area contributed by atoms with E-state index in [0.29, 0.717) is 17.1 Å². The van der Waals surface area contributed by atoms with Gasteiger partial charge in [-0.05, 0) is 29.8 Å². The van der Waals surface area contributed by atoms with Crippen LogP contribution in [0.25, 0.3) is 0 Å². The summed E-state index contributed by atoms with van der Waals surface area (Å²) in [5.41, 5.74) is 3.07. The van der Waals surface area contributed by atoms with Crippen molar-refractivity contribution in [3.05, 3.63) is 54.1 Å². The van der Waals surface area contributed by atoms with Crippen molar-refractivity contribution in [2.45, 2.75) is 6.10 Å². The van der Waals surface area contributed by atoms with E-state index in [4.69, 9.17) is 9.47 Å². The molecule has 2 aromatic rings. The Morgan fingerprint density at radius 3 is 2.86 bits per heavy atom. The van der Waals surface area contributed by atoms with E-state index in [-0.39, 0.29) is 12.4 Å². The summed E-state index contributed by atoms with van der Waals surface area (Å²) in [6.07, 6.45) is 0.686. The van der Waals surface area contributed by atoms with Crippen LogP contribution >= 0.6 is 0 Å². The number of ether oxygens (including phenoxy) is 2. The number of para-hydroxylation sites is 2. The number of hydrazone groups is 1. The third kappa shape index (κ3) is 3.17. The van der Waals surface area contributed by atoms with E-state index in [2.05, 4.69) is 10.5 Å². The molecule has 1 atom stereocenters. The van der Waals surface area contributed by atoms with Gasteiger partial charge in [-0.3, -0.25) is 4.79 Å². The molecular formula is C16H14N2O4. The summed E-state index contributed by atoms with van der Waals surface area (Å²) in [5.74, 6) is 0.891. The molecule has 0 unspecified atom stereocenters. The SMILES string of the molecule is O=C(N/N=C\c1cccc(O)c1)[C@@H]1COc2ccccc2O1. The minimum atomic E-state index is -0.753. The minimum Gasteiger partial charge on any atom is -0.508 e. The molecule has 3 rings (SSSR count). The van der Waals surface area contributed by atoms with Crippen LogP contribution in [0.5, 0.6) is 17.2 Å². The predicted octanol–water partition coefficient (Wildman–Crippen LogP) is 1.68. The van der Waals surface area contributed by atoms with Gasteiger partial charge in [0.1, 0.15) is 12.4 Å². The lowest BCUT2D eigenvalue weighted by molar-refractivity contribution is -0.130. The van der Waals surface area contributed by atoms with Gasteiger partial charge in [0.15, 0.2) is 11.5 Å². The average molecular weight is 298 g/mol. The molecule has 6 nitrogen and oxygen atoms in total. The van der Waals surface area contributed by atoms with Crippen LogP contribution < -0.4 is 14.9 Å². The normalized spacial score (nSPS) is 16.5. The highest BCUT2D eigenvalue weighted by atomic mass is 16.6. The Hall–Kier alpha value is -3.02. The summed E-state index contributed by atoms with van der Waals surface area (Å²) in [6, 6.07) is 13.7. The maximum atomic E-state index is 12.0. The second-order valence-electron chi connectivity index (χ2n) is 4.69. The van der Waals surface area contributed by atoms with Crippen molar-refractivity contribution < 1.29 is 19.4 Å². The lowest BCUT2D eigenvalue weighted by Gasteiger charge is -2.24. The Labute approximate surface area is 127 Å². The first kappa shape index (κ1) is 13.9. The number of fused-ring (bicyclic) bond motifs is 1. The van der Waals surface area contributed by atoms with Gasteiger partial charge in [-0.2, -0.15) is 5.10 Å². The second-order valence-corrected chi connectivity index (χ2v) is 4.69. The standard InChI is InChI=1S/C16H14N2O4/c19-12-5-3-4-11(8-12)9-17-18-16(20)15-10-21-13-6-1-2-7-14(13)22-15/h1-9,15,19H,10H2,(H,18,20)/b17-9-/t15-/m0/s1. The van der Waals surface area contributed by atoms with Gasteiger partial charge in [-0.1, -0.05) is 24.3 Å². The number of rotatable bonds is 3. The Balaban J connectivity index is 1.59. The van der Waals surface area contributed by atoms with Crippen molar-refractivity contribution in [3.63, 3.8) is 0 Å². The number of hydrogen-bond donors (Lipinski definition) is 2. The summed E-state index contributed by atoms with van der Waals surface area (Å²) in [6.45, 7) is 0.129. The molecule has 6 heteroatoms. The third-order valence-electron chi connectivity index (χ3n) is 3.06. The number of benzene rings is 2. The quantitative estimate of drug-likeness (QED) is 0.667. The number of carbonyl (C=O) groups excluding carboxylic acids is 1. The molecule has 112 valence electrons. The molecule has 1 amide bonds. The topological polar surface area (TPSA) is 80.2 Å². The van der Waals surface area contributed by atoms with Crippen molar-refractivity contribution in [1.29, 1.82) is 0 Å². The summed E-state index contributed by atoms with van der Waals surface area (Å²) < 4.78 is 11.0. The van der Waals surface area contributed by atoms with Crippen LogP contribution in [0.15, 0.2) is 53.6 Å². The molecule has 0 fully saturated rings. The number of phenols is 1. The van der Waals surface area contributed by atoms with Gasteiger partial charge < -0.3 is 14.6 Å². The first-order valence-corrected chi connectivity index (χ1v) is 6.73. The molecule has 2 N–H and O–H groups in total. The number of aromatic hydroxyl groups is 1. The molecule has 0 saturated carbocycles. The van der Waals surface area contributed by atoms with Gasteiger partial charge >= 0.3 is 0 Å². The first-order chi connectivity index (χ1) is 10.7. The zero-order valence-electron chi connectivity index (χ0n) is 11.6. The summed E-state index contributed by atoms with van der Waals surface area (Å²) >= 11 is 0. The van der Waals surface area contributed by atoms with Crippen LogP contribution in [0, 0.1) is 0 Å². The zero-order valence-corrected chi connectivity index (χ0v) is 11.6. The van der Waals surface area contributed by atoms with Gasteiger partial charge in [-0.15, -0.1) is 0 Å². The molecule has 1 heterocycles. The third-order valence-corrected chi connectivity index (χ3v) is 3.06. The number of carbonyl (C=O) groups is 1. The van der Waals surface area contributed by atoms with Gasteiger partial charge in [-0.25, -0.2) is 5.43 Å². The fourth-order valence-electron chi connectivity index (χ4n) is 2.00. The Kier molecular flexibility index (Phi) is 3.91. The molecule has 0 saturated heterocycles. The highest BCUT2D eigenvalue weighted by Gasteiger charge is 2.26. The lowest BCUT2D eigenvalue weighted by atomic mass is 10.2. The van der Waals surface area contributed by atoms with Crippen LogP contribution in [-0.2, 0) is 4.79 Å². The van der Waals surface area contributed by atoms with Crippen LogP contribution in [-0.4, -0.2) is 29.9 Å². The van der Waals surface area contributed by atoms with Crippen LogP contribution in [0.4, 0.5) is 0 Å². The van der Waals surface area contributed by atoms with E-state index >= 15 is 0 Å². The van der Waals surface area contributed by atoms with Crippen molar-refractivity contribution in [1.82, 2.24) is 5.43 Å². The van der Waals surface area contributed by atoms with Crippen molar-refractivity contribution >= 4 is 12.1 Å². The first-order valence-electron chi connectivity index (χ1n) is 6.73. The number of nitrogens with zero attached hydrogens (tertiary/aromatic N) is 1. The largest absolute Gasteiger partial charge is 0.508 e. The molecule has 0 spiro atoms. The molecule has 1 aliphatic heterocycles. The van der Waals surface area contributed by atoms with Gasteiger partial charge in [0, 0.05) is 0 Å². The van der Waals surface area contributed by atoms with Gasteiger partial charge in [0.25, 0.3) is 5.91 Å². The van der Waals surface area contributed by atoms with Crippen LogP contribution in [0.3, 0.4) is 0 Å². The number of amides is 1. The van der Waals surface area contributed by atoms with Crippen LogP contribution in [0.2, 0.25) is 0 Å². The number of phenolic OH excluding ortho intramolecular Hbond substituents is 1. The molecule has 22 heavy (non-hydrogen) atoms. The minimum absolute atomic E-state index is 0.129. The Morgan fingerprint density at radius 2 is 2.05 bits per heavy atom. The monoisotopic (exact) mass is 298 g/mol. The van der Waals surface area contributed by atoms with Crippen LogP contribution in [0.1, 0.15) is 5.56 Å². The molecule has 0 aromatic heterocycles. The fraction of sp³-hybridized carbons (Fsp3) is 0.125. The summed E-state index contributed by atoms with van der Waals surface area (Å²) in [7, 11) is 0. The van der Waals surface area contributed by atoms with Crippen molar-refractivity contribution in [3.8, 4) is 17.2 Å². The van der Waals surface area contributed by atoms with Gasteiger partial charge in [0.2, 0.25) is 6.10 Å². The zero-order chi connectivity index (χ0) is 15.4. The molecule has 1 aliphatic rings. The highest BCUT2D eigenvalue weighted by Crippen LogP contribution is 2.30. The van der Waals surface area contributed by atoms with Crippen molar-refractivity contribution in [2.75, 3.05) is 6.61 Å². The maximum Gasteiger partial charge on any atom is 0.284 e. The number of hydrogen-bond acceptors (Lipinski definition) is 5. The molecule has 2 aromatic carbocycles. The van der Waals surface area contributed by atoms with E-state index in [1.807, 2.05) is 12.1 Å².